The average molecular weight is 158 g/mol. The first-order valence-corrected chi connectivity index (χ1v) is 4.43. The molecular weight excluding hydrogens is 140 g/mol. The Kier molecular flexibility index (Phi) is 2.55. The lowest BCUT2D eigenvalue weighted by molar-refractivity contribution is -0.0752. The summed E-state index contributed by atoms with van der Waals surface area (Å²) < 4.78 is 5.71. The third-order valence-electron chi connectivity index (χ3n) is 2.68. The fraction of sp³-hybridized carbons (Fsp3) is 1.00. The molecule has 1 N–H and O–H groups in total. The second-order valence-electron chi connectivity index (χ2n) is 3.74. The van der Waals surface area contributed by atoms with Gasteiger partial charge in [0.2, 0.25) is 0 Å². The van der Waals surface area contributed by atoms with Crippen LogP contribution in [0.15, 0.2) is 0 Å². The first-order valence-electron chi connectivity index (χ1n) is 4.43. The molecular formula is C9H18O2. The van der Waals surface area contributed by atoms with Crippen LogP contribution in [0.25, 0.3) is 0 Å². The van der Waals surface area contributed by atoms with Crippen LogP contribution in [0.3, 0.4) is 0 Å². The van der Waals surface area contributed by atoms with Crippen molar-refractivity contribution in [1.82, 2.24) is 0 Å². The Labute approximate surface area is 68.6 Å². The van der Waals surface area contributed by atoms with Crippen LogP contribution in [0.5, 0.6) is 0 Å². The molecule has 1 saturated heterocycles. The zero-order valence-corrected chi connectivity index (χ0v) is 7.63. The first-order chi connectivity index (χ1) is 5.07. The summed E-state index contributed by atoms with van der Waals surface area (Å²) in [5.41, 5.74) is 0.0294. The number of aliphatic hydroxyl groups is 1. The largest absolute Gasteiger partial charge is 0.391 e. The summed E-state index contributed by atoms with van der Waals surface area (Å²) in [6, 6.07) is 0. The fourth-order valence-corrected chi connectivity index (χ4v) is 1.53. The standard InChI is InChI=1S/C9H18O2/c1-4-9(3)6-5-8(11-9)7(2)10/h7-8,10H,4-6H2,1-3H3/t7-,8-,9?/m0/s1. The van der Waals surface area contributed by atoms with Crippen molar-refractivity contribution < 1.29 is 9.84 Å². The predicted octanol–water partition coefficient (Wildman–Crippen LogP) is 1.71. The number of hydrogen-bond acceptors (Lipinski definition) is 2. The highest BCUT2D eigenvalue weighted by Crippen LogP contribution is 2.33. The van der Waals surface area contributed by atoms with Gasteiger partial charge in [0, 0.05) is 0 Å². The van der Waals surface area contributed by atoms with Crippen molar-refractivity contribution in [2.45, 2.75) is 57.8 Å². The van der Waals surface area contributed by atoms with E-state index in [0.717, 1.165) is 19.3 Å². The van der Waals surface area contributed by atoms with Crippen LogP contribution in [0, 0.1) is 0 Å². The van der Waals surface area contributed by atoms with Gasteiger partial charge >= 0.3 is 0 Å². The Hall–Kier alpha value is -0.0800. The Balaban J connectivity index is 2.46. The SMILES string of the molecule is CCC1(C)CC[C@@H]([C@H](C)O)O1. The molecule has 1 aliphatic heterocycles. The van der Waals surface area contributed by atoms with E-state index < -0.39 is 0 Å². The zero-order valence-electron chi connectivity index (χ0n) is 7.63. The van der Waals surface area contributed by atoms with E-state index >= 15 is 0 Å². The van der Waals surface area contributed by atoms with Crippen molar-refractivity contribution in [3.63, 3.8) is 0 Å². The second-order valence-corrected chi connectivity index (χ2v) is 3.74. The number of rotatable bonds is 2. The van der Waals surface area contributed by atoms with E-state index in [-0.39, 0.29) is 17.8 Å². The van der Waals surface area contributed by atoms with Crippen molar-refractivity contribution in [1.29, 1.82) is 0 Å². The molecule has 0 amide bonds. The van der Waals surface area contributed by atoms with Crippen LogP contribution in [0.1, 0.15) is 40.0 Å². The molecule has 0 aromatic carbocycles. The molecule has 11 heavy (non-hydrogen) atoms. The van der Waals surface area contributed by atoms with Crippen LogP contribution in [0.4, 0.5) is 0 Å². The van der Waals surface area contributed by atoms with Gasteiger partial charge in [-0.15, -0.1) is 0 Å². The van der Waals surface area contributed by atoms with Gasteiger partial charge in [0.25, 0.3) is 0 Å². The van der Waals surface area contributed by atoms with Gasteiger partial charge in [-0.25, -0.2) is 0 Å². The summed E-state index contributed by atoms with van der Waals surface area (Å²) in [6.45, 7) is 6.05. The molecule has 1 heterocycles. The third kappa shape index (κ3) is 1.94. The quantitative estimate of drug-likeness (QED) is 0.663. The van der Waals surface area contributed by atoms with E-state index in [9.17, 15) is 5.11 Å². The van der Waals surface area contributed by atoms with E-state index in [4.69, 9.17) is 4.74 Å². The predicted molar refractivity (Wildman–Crippen MR) is 44.5 cm³/mol. The highest BCUT2D eigenvalue weighted by atomic mass is 16.5. The molecule has 0 spiro atoms. The smallest absolute Gasteiger partial charge is 0.0839 e. The van der Waals surface area contributed by atoms with Crippen molar-refractivity contribution in [3.8, 4) is 0 Å². The monoisotopic (exact) mass is 158 g/mol. The molecule has 0 saturated carbocycles. The number of aliphatic hydroxyl groups excluding tert-OH is 1. The molecule has 2 nitrogen and oxygen atoms in total. The van der Waals surface area contributed by atoms with E-state index in [0.29, 0.717) is 0 Å². The lowest BCUT2D eigenvalue weighted by Gasteiger charge is -2.23. The van der Waals surface area contributed by atoms with Crippen LogP contribution in [0.2, 0.25) is 0 Å². The maximum Gasteiger partial charge on any atom is 0.0839 e. The lowest BCUT2D eigenvalue weighted by Crippen LogP contribution is -2.28. The van der Waals surface area contributed by atoms with Gasteiger partial charge in [-0.1, -0.05) is 6.92 Å². The van der Waals surface area contributed by atoms with Crippen LogP contribution in [-0.2, 0) is 4.74 Å². The molecule has 0 bridgehead atoms. The van der Waals surface area contributed by atoms with E-state index in [1.54, 1.807) is 6.92 Å². The number of ether oxygens (including phenoxy) is 1. The highest BCUT2D eigenvalue weighted by molar-refractivity contribution is 4.85. The van der Waals surface area contributed by atoms with Gasteiger partial charge in [0.1, 0.15) is 0 Å². The van der Waals surface area contributed by atoms with Crippen LogP contribution in [-0.4, -0.2) is 22.9 Å². The molecule has 66 valence electrons. The molecule has 2 heteroatoms. The molecule has 0 aromatic rings. The second kappa shape index (κ2) is 3.11. The summed E-state index contributed by atoms with van der Waals surface area (Å²) in [5, 5.41) is 9.25. The van der Waals surface area contributed by atoms with Crippen LogP contribution < -0.4 is 0 Å². The van der Waals surface area contributed by atoms with E-state index in [1.807, 2.05) is 0 Å². The maximum atomic E-state index is 9.25. The highest BCUT2D eigenvalue weighted by Gasteiger charge is 2.36. The van der Waals surface area contributed by atoms with Crippen molar-refractivity contribution >= 4 is 0 Å². The number of hydrogen-bond donors (Lipinski definition) is 1. The molecule has 1 rings (SSSR count). The summed E-state index contributed by atoms with van der Waals surface area (Å²) in [4.78, 5) is 0. The molecule has 1 aliphatic rings. The molecule has 3 atom stereocenters. The van der Waals surface area contributed by atoms with E-state index in [2.05, 4.69) is 13.8 Å². The van der Waals surface area contributed by atoms with Crippen LogP contribution >= 0.6 is 0 Å². The third-order valence-corrected chi connectivity index (χ3v) is 2.68. The van der Waals surface area contributed by atoms with Gasteiger partial charge in [-0.05, 0) is 33.1 Å². The Morgan fingerprint density at radius 3 is 2.64 bits per heavy atom. The summed E-state index contributed by atoms with van der Waals surface area (Å²) >= 11 is 0. The summed E-state index contributed by atoms with van der Waals surface area (Å²) in [6.07, 6.45) is 2.88. The zero-order chi connectivity index (χ0) is 8.48. The Bertz CT molecular complexity index is 134. The molecule has 1 unspecified atom stereocenters. The molecule has 0 aromatic heterocycles. The maximum absolute atomic E-state index is 9.25. The first kappa shape index (κ1) is 9.01. The lowest BCUT2D eigenvalue weighted by atomic mass is 9.99. The Morgan fingerprint density at radius 2 is 2.36 bits per heavy atom. The summed E-state index contributed by atoms with van der Waals surface area (Å²) in [7, 11) is 0. The molecule has 0 radical (unpaired) electrons. The Morgan fingerprint density at radius 1 is 1.73 bits per heavy atom. The fourth-order valence-electron chi connectivity index (χ4n) is 1.53. The topological polar surface area (TPSA) is 29.5 Å². The minimum Gasteiger partial charge on any atom is -0.391 e. The van der Waals surface area contributed by atoms with Gasteiger partial charge in [-0.2, -0.15) is 0 Å². The normalized spacial score (nSPS) is 40.9. The van der Waals surface area contributed by atoms with Gasteiger partial charge in [0.15, 0.2) is 0 Å². The van der Waals surface area contributed by atoms with Gasteiger partial charge in [-0.3, -0.25) is 0 Å². The molecule has 1 fully saturated rings. The van der Waals surface area contributed by atoms with Crippen molar-refractivity contribution in [2.24, 2.45) is 0 Å². The minimum absolute atomic E-state index is 0.0294. The minimum atomic E-state index is -0.316. The molecule has 0 aliphatic carbocycles. The summed E-state index contributed by atoms with van der Waals surface area (Å²) in [5.74, 6) is 0. The van der Waals surface area contributed by atoms with E-state index in [1.165, 1.54) is 0 Å². The van der Waals surface area contributed by atoms with Crippen molar-refractivity contribution in [3.05, 3.63) is 0 Å². The average Bonchev–Trinajstić information content (AvgIpc) is 2.33. The van der Waals surface area contributed by atoms with Gasteiger partial charge < -0.3 is 9.84 Å². The van der Waals surface area contributed by atoms with Crippen molar-refractivity contribution in [2.75, 3.05) is 0 Å². The van der Waals surface area contributed by atoms with Gasteiger partial charge in [0.05, 0.1) is 17.8 Å².